The Balaban J connectivity index is 1.95. The summed E-state index contributed by atoms with van der Waals surface area (Å²) in [4.78, 5) is 8.12. The Kier molecular flexibility index (Phi) is 3.75. The van der Waals surface area contributed by atoms with Gasteiger partial charge in [0.2, 0.25) is 0 Å². The van der Waals surface area contributed by atoms with E-state index < -0.39 is 0 Å². The number of rotatable bonds is 1. The monoisotopic (exact) mass is 285 g/mol. The first-order valence-corrected chi connectivity index (χ1v) is 8.48. The Morgan fingerprint density at radius 3 is 3.12 bits per heavy atom. The highest BCUT2D eigenvalue weighted by atomic mass is 32.2. The van der Waals surface area contributed by atoms with Gasteiger partial charge in [-0.2, -0.15) is 11.8 Å². The van der Waals surface area contributed by atoms with E-state index in [2.05, 4.69) is 15.3 Å². The summed E-state index contributed by atoms with van der Waals surface area (Å²) in [5.74, 6) is 4.72. The summed E-state index contributed by atoms with van der Waals surface area (Å²) < 4.78 is 0.789. The lowest BCUT2D eigenvalue weighted by Crippen LogP contribution is -2.26. The van der Waals surface area contributed by atoms with E-state index in [0.29, 0.717) is 5.25 Å². The third-order valence-corrected chi connectivity index (χ3v) is 6.20. The second kappa shape index (κ2) is 5.30. The van der Waals surface area contributed by atoms with Gasteiger partial charge >= 0.3 is 0 Å². The van der Waals surface area contributed by atoms with Crippen LogP contribution in [0.1, 0.15) is 22.3 Å². The van der Waals surface area contributed by atoms with Gasteiger partial charge in [-0.25, -0.2) is 4.98 Å². The van der Waals surface area contributed by atoms with Crippen LogP contribution in [0.2, 0.25) is 0 Å². The van der Waals surface area contributed by atoms with Crippen molar-refractivity contribution in [3.05, 3.63) is 21.7 Å². The molecular weight excluding hydrogens is 270 g/mol. The summed E-state index contributed by atoms with van der Waals surface area (Å²) in [7, 11) is 0. The number of H-pyrrole nitrogens is 1. The second-order valence-electron chi connectivity index (χ2n) is 4.25. The third-order valence-electron chi connectivity index (χ3n) is 3.10. The molecule has 2 N–H and O–H groups in total. The number of aromatic nitrogens is 2. The number of nitrogens with zero attached hydrogens (tertiary/aromatic N) is 1. The normalized spacial score (nSPS) is 24.4. The number of hydrogen-bond acceptors (Lipinski definition) is 5. The van der Waals surface area contributed by atoms with Crippen LogP contribution in [0.5, 0.6) is 0 Å². The van der Waals surface area contributed by atoms with E-state index in [9.17, 15) is 0 Å². The molecule has 1 aromatic rings. The Hall–Kier alpha value is -0.0400. The zero-order valence-electron chi connectivity index (χ0n) is 9.49. The molecule has 1 atom stereocenters. The molecule has 0 aliphatic carbocycles. The van der Waals surface area contributed by atoms with Crippen molar-refractivity contribution in [1.82, 2.24) is 15.3 Å². The van der Waals surface area contributed by atoms with E-state index in [1.807, 2.05) is 23.5 Å². The summed E-state index contributed by atoms with van der Waals surface area (Å²) in [6, 6.07) is 0. The van der Waals surface area contributed by atoms with Crippen molar-refractivity contribution in [2.24, 2.45) is 0 Å². The van der Waals surface area contributed by atoms with Crippen LogP contribution in [0.4, 0.5) is 0 Å². The largest absolute Gasteiger partial charge is 0.346 e. The van der Waals surface area contributed by atoms with Crippen molar-refractivity contribution in [3.63, 3.8) is 0 Å². The molecule has 0 saturated carbocycles. The fraction of sp³-hybridized carbons (Fsp3) is 0.636. The number of nitrogens with one attached hydrogen (secondary N) is 2. The van der Waals surface area contributed by atoms with Crippen molar-refractivity contribution in [2.45, 2.75) is 18.2 Å². The molecule has 2 aliphatic rings. The van der Waals surface area contributed by atoms with E-state index in [1.54, 1.807) is 0 Å². The van der Waals surface area contributed by atoms with E-state index in [0.717, 1.165) is 35.7 Å². The van der Waals surface area contributed by atoms with Crippen LogP contribution in [-0.2, 0) is 13.0 Å². The molecule has 0 amide bonds. The molecule has 92 valence electrons. The van der Waals surface area contributed by atoms with E-state index in [1.165, 1.54) is 22.8 Å². The minimum Gasteiger partial charge on any atom is -0.346 e. The third kappa shape index (κ3) is 2.54. The summed E-state index contributed by atoms with van der Waals surface area (Å²) in [6.45, 7) is 1.90. The van der Waals surface area contributed by atoms with E-state index >= 15 is 0 Å². The predicted molar refractivity (Wildman–Crippen MR) is 77.4 cm³/mol. The first-order valence-electron chi connectivity index (χ1n) is 5.86. The first kappa shape index (κ1) is 12.0. The molecule has 1 fully saturated rings. The Labute approximate surface area is 115 Å². The van der Waals surface area contributed by atoms with Gasteiger partial charge in [-0.1, -0.05) is 12.2 Å². The minimum atomic E-state index is 0.496. The quantitative estimate of drug-likeness (QED) is 0.775. The fourth-order valence-electron chi connectivity index (χ4n) is 2.18. The van der Waals surface area contributed by atoms with Crippen LogP contribution < -0.4 is 5.32 Å². The molecule has 17 heavy (non-hydrogen) atoms. The molecule has 0 radical (unpaired) electrons. The molecule has 2 aliphatic heterocycles. The maximum Gasteiger partial charge on any atom is 0.134 e. The zero-order chi connectivity index (χ0) is 11.7. The molecule has 1 unspecified atom stereocenters. The molecule has 3 nitrogen and oxygen atoms in total. The van der Waals surface area contributed by atoms with Gasteiger partial charge in [-0.05, 0) is 0 Å². The smallest absolute Gasteiger partial charge is 0.134 e. The molecule has 0 bridgehead atoms. The van der Waals surface area contributed by atoms with Crippen LogP contribution in [-0.4, -0.2) is 33.8 Å². The topological polar surface area (TPSA) is 40.7 Å². The van der Waals surface area contributed by atoms with Crippen LogP contribution in [0.15, 0.2) is 0 Å². The Bertz CT molecular complexity index is 466. The number of thioether (sulfide) groups is 2. The summed E-state index contributed by atoms with van der Waals surface area (Å²) in [5, 5.41) is 3.84. The lowest BCUT2D eigenvalue weighted by Gasteiger charge is -2.23. The Morgan fingerprint density at radius 2 is 2.29 bits per heavy atom. The highest BCUT2D eigenvalue weighted by Crippen LogP contribution is 2.35. The average molecular weight is 285 g/mol. The highest BCUT2D eigenvalue weighted by Gasteiger charge is 2.21. The molecular formula is C11H15N3S3. The van der Waals surface area contributed by atoms with Gasteiger partial charge in [0.15, 0.2) is 0 Å². The number of hydrogen-bond donors (Lipinski definition) is 2. The van der Waals surface area contributed by atoms with Crippen LogP contribution in [0.25, 0.3) is 0 Å². The summed E-state index contributed by atoms with van der Waals surface area (Å²) in [5.41, 5.74) is 2.50. The number of aromatic amines is 1. The van der Waals surface area contributed by atoms with Crippen molar-refractivity contribution in [3.8, 4) is 0 Å². The van der Waals surface area contributed by atoms with Gasteiger partial charge in [0, 0.05) is 48.0 Å². The molecule has 3 rings (SSSR count). The molecule has 0 spiro atoms. The first-order chi connectivity index (χ1) is 8.34. The van der Waals surface area contributed by atoms with Crippen molar-refractivity contribution >= 4 is 35.7 Å². The standard InChI is InChI=1S/C11H15N3S3/c15-11-7-5-12-2-1-8(7)13-10(14-11)9-6-16-3-4-17-9/h9,12H,1-6H2,(H,13,14,15). The van der Waals surface area contributed by atoms with Gasteiger partial charge in [-0.15, -0.1) is 11.8 Å². The van der Waals surface area contributed by atoms with Crippen LogP contribution in [0.3, 0.4) is 0 Å². The van der Waals surface area contributed by atoms with Gasteiger partial charge in [-0.3, -0.25) is 0 Å². The highest BCUT2D eigenvalue weighted by molar-refractivity contribution is 8.06. The predicted octanol–water partition coefficient (Wildman–Crippen LogP) is 2.31. The maximum absolute atomic E-state index is 5.41. The van der Waals surface area contributed by atoms with E-state index in [4.69, 9.17) is 12.2 Å². The van der Waals surface area contributed by atoms with Crippen molar-refractivity contribution < 1.29 is 0 Å². The van der Waals surface area contributed by atoms with Crippen LogP contribution >= 0.6 is 35.7 Å². The molecule has 1 saturated heterocycles. The maximum atomic E-state index is 5.41. The molecule has 6 heteroatoms. The zero-order valence-corrected chi connectivity index (χ0v) is 11.9. The van der Waals surface area contributed by atoms with Crippen molar-refractivity contribution in [2.75, 3.05) is 23.8 Å². The molecule has 0 aromatic carbocycles. The Morgan fingerprint density at radius 1 is 1.35 bits per heavy atom. The van der Waals surface area contributed by atoms with Gasteiger partial charge in [0.05, 0.1) is 5.25 Å². The summed E-state index contributed by atoms with van der Waals surface area (Å²) >= 11 is 9.42. The van der Waals surface area contributed by atoms with Gasteiger partial charge < -0.3 is 10.3 Å². The van der Waals surface area contributed by atoms with Gasteiger partial charge in [0.1, 0.15) is 10.5 Å². The van der Waals surface area contributed by atoms with E-state index in [-0.39, 0.29) is 0 Å². The average Bonchev–Trinajstić information content (AvgIpc) is 2.40. The fourth-order valence-corrected chi connectivity index (χ4v) is 5.10. The van der Waals surface area contributed by atoms with Gasteiger partial charge in [0.25, 0.3) is 0 Å². The SMILES string of the molecule is S=c1nc(C2CSCCS2)[nH]c2c1CNCC2. The summed E-state index contributed by atoms with van der Waals surface area (Å²) in [6.07, 6.45) is 1.04. The van der Waals surface area contributed by atoms with Crippen molar-refractivity contribution in [1.29, 1.82) is 0 Å². The lowest BCUT2D eigenvalue weighted by molar-refractivity contribution is 0.617. The number of fused-ring (bicyclic) bond motifs is 1. The lowest BCUT2D eigenvalue weighted by atomic mass is 10.1. The second-order valence-corrected chi connectivity index (χ2v) is 7.09. The van der Waals surface area contributed by atoms with Crippen LogP contribution in [0, 0.1) is 4.64 Å². The molecule has 3 heterocycles. The minimum absolute atomic E-state index is 0.496. The molecule has 1 aromatic heterocycles.